The van der Waals surface area contributed by atoms with E-state index in [2.05, 4.69) is 0 Å². The number of aliphatic hydroxyl groups excluding tert-OH is 1. The third kappa shape index (κ3) is 5.17. The first kappa shape index (κ1) is 19.7. The lowest BCUT2D eigenvalue weighted by molar-refractivity contribution is -0.0702. The maximum absolute atomic E-state index is 12.3. The Labute approximate surface area is 148 Å². The van der Waals surface area contributed by atoms with Crippen molar-refractivity contribution in [3.63, 3.8) is 0 Å². The van der Waals surface area contributed by atoms with Crippen molar-refractivity contribution in [3.05, 3.63) is 29.8 Å². The van der Waals surface area contributed by atoms with E-state index in [9.17, 15) is 18.3 Å². The van der Waals surface area contributed by atoms with Crippen molar-refractivity contribution in [1.29, 1.82) is 0 Å². The van der Waals surface area contributed by atoms with Gasteiger partial charge in [0.1, 0.15) is 5.60 Å². The Morgan fingerprint density at radius 1 is 1.28 bits per heavy atom. The van der Waals surface area contributed by atoms with Crippen LogP contribution in [0.1, 0.15) is 39.2 Å². The van der Waals surface area contributed by atoms with E-state index in [1.165, 1.54) is 17.0 Å². The standard InChI is InChI=1S/C17H25NO6S/c1-12-7-9-13(10-8-12)25(21,22)24-15(19)14-6-5-11-18(14)16(20)23-17(2,3)4/h7-10,14-15,19H,5-6,11H2,1-4H3/t14-,15?/m0/s1. The molecule has 0 radical (unpaired) electrons. The molecular weight excluding hydrogens is 346 g/mol. The Morgan fingerprint density at radius 3 is 2.44 bits per heavy atom. The lowest BCUT2D eigenvalue weighted by Gasteiger charge is -2.30. The van der Waals surface area contributed by atoms with Gasteiger partial charge in [0.25, 0.3) is 10.1 Å². The fourth-order valence-corrected chi connectivity index (χ4v) is 3.56. The van der Waals surface area contributed by atoms with Gasteiger partial charge in [-0.05, 0) is 52.7 Å². The quantitative estimate of drug-likeness (QED) is 0.645. The molecule has 1 amide bonds. The molecule has 2 rings (SSSR count). The molecule has 1 heterocycles. The van der Waals surface area contributed by atoms with E-state index in [1.54, 1.807) is 32.9 Å². The van der Waals surface area contributed by atoms with E-state index in [0.29, 0.717) is 19.4 Å². The summed E-state index contributed by atoms with van der Waals surface area (Å²) in [5.41, 5.74) is 0.232. The molecule has 25 heavy (non-hydrogen) atoms. The molecule has 1 aliphatic heterocycles. The predicted molar refractivity (Wildman–Crippen MR) is 91.4 cm³/mol. The maximum atomic E-state index is 12.3. The van der Waals surface area contributed by atoms with Crippen molar-refractivity contribution < 1.29 is 27.2 Å². The summed E-state index contributed by atoms with van der Waals surface area (Å²) in [6, 6.07) is 5.35. The summed E-state index contributed by atoms with van der Waals surface area (Å²) in [5.74, 6) is 0. The summed E-state index contributed by atoms with van der Waals surface area (Å²) in [7, 11) is -4.13. The van der Waals surface area contributed by atoms with Gasteiger partial charge in [-0.15, -0.1) is 0 Å². The number of likely N-dealkylation sites (tertiary alicyclic amines) is 1. The van der Waals surface area contributed by atoms with Crippen LogP contribution in [-0.2, 0) is 19.0 Å². The topological polar surface area (TPSA) is 93.1 Å². The summed E-state index contributed by atoms with van der Waals surface area (Å²) >= 11 is 0. The summed E-state index contributed by atoms with van der Waals surface area (Å²) in [6.07, 6.45) is -1.18. The molecule has 1 N–H and O–H groups in total. The van der Waals surface area contributed by atoms with Gasteiger partial charge in [-0.1, -0.05) is 17.7 Å². The summed E-state index contributed by atoms with van der Waals surface area (Å²) < 4.78 is 34.8. The van der Waals surface area contributed by atoms with Gasteiger partial charge in [-0.2, -0.15) is 8.42 Å². The number of amides is 1. The van der Waals surface area contributed by atoms with Crippen molar-refractivity contribution in [2.75, 3.05) is 6.54 Å². The molecule has 1 aromatic carbocycles. The summed E-state index contributed by atoms with van der Waals surface area (Å²) in [4.78, 5) is 13.5. The normalized spacial score (nSPS) is 19.7. The van der Waals surface area contributed by atoms with Gasteiger partial charge in [-0.3, -0.25) is 0 Å². The number of carbonyl (C=O) groups is 1. The molecule has 1 unspecified atom stereocenters. The highest BCUT2D eigenvalue weighted by Crippen LogP contribution is 2.26. The molecule has 0 saturated carbocycles. The number of benzene rings is 1. The van der Waals surface area contributed by atoms with E-state index >= 15 is 0 Å². The molecule has 2 atom stereocenters. The van der Waals surface area contributed by atoms with E-state index in [1.807, 2.05) is 6.92 Å². The van der Waals surface area contributed by atoms with Crippen LogP contribution < -0.4 is 0 Å². The maximum Gasteiger partial charge on any atom is 0.410 e. The smallest absolute Gasteiger partial charge is 0.410 e. The minimum atomic E-state index is -4.13. The molecule has 7 nitrogen and oxygen atoms in total. The van der Waals surface area contributed by atoms with Crippen molar-refractivity contribution >= 4 is 16.2 Å². The number of rotatable bonds is 4. The van der Waals surface area contributed by atoms with Crippen molar-refractivity contribution in [1.82, 2.24) is 4.90 Å². The molecule has 1 aliphatic rings. The number of nitrogens with zero attached hydrogens (tertiary/aromatic N) is 1. The number of hydrogen-bond donors (Lipinski definition) is 1. The number of carbonyl (C=O) groups excluding carboxylic acids is 1. The number of aliphatic hydroxyl groups is 1. The average molecular weight is 371 g/mol. The van der Waals surface area contributed by atoms with E-state index in [0.717, 1.165) is 5.56 Å². The van der Waals surface area contributed by atoms with Gasteiger partial charge in [-0.25, -0.2) is 8.98 Å². The van der Waals surface area contributed by atoms with Gasteiger partial charge in [0.2, 0.25) is 0 Å². The first-order valence-electron chi connectivity index (χ1n) is 8.17. The second kappa shape index (κ2) is 7.31. The lowest BCUT2D eigenvalue weighted by Crippen LogP contribution is -2.46. The minimum Gasteiger partial charge on any atom is -0.444 e. The lowest BCUT2D eigenvalue weighted by atomic mass is 10.2. The average Bonchev–Trinajstić information content (AvgIpc) is 2.95. The Hall–Kier alpha value is -1.64. The molecule has 8 heteroatoms. The third-order valence-corrected chi connectivity index (χ3v) is 5.09. The monoisotopic (exact) mass is 371 g/mol. The van der Waals surface area contributed by atoms with Gasteiger partial charge in [0.15, 0.2) is 6.29 Å². The molecule has 1 saturated heterocycles. The van der Waals surface area contributed by atoms with Gasteiger partial charge in [0.05, 0.1) is 10.9 Å². The molecule has 0 aromatic heterocycles. The highest BCUT2D eigenvalue weighted by Gasteiger charge is 2.39. The largest absolute Gasteiger partial charge is 0.444 e. The zero-order valence-electron chi connectivity index (χ0n) is 14.9. The molecule has 140 valence electrons. The fourth-order valence-electron chi connectivity index (χ4n) is 2.59. The van der Waals surface area contributed by atoms with Crippen LogP contribution in [0.15, 0.2) is 29.2 Å². The van der Waals surface area contributed by atoms with Gasteiger partial charge >= 0.3 is 6.09 Å². The Bertz CT molecular complexity index is 708. The summed E-state index contributed by atoms with van der Waals surface area (Å²) in [5, 5.41) is 10.3. The van der Waals surface area contributed by atoms with Gasteiger partial charge in [0, 0.05) is 6.54 Å². The number of aryl methyl sites for hydroxylation is 1. The fraction of sp³-hybridized carbons (Fsp3) is 0.588. The van der Waals surface area contributed by atoms with Crippen LogP contribution in [0.2, 0.25) is 0 Å². The van der Waals surface area contributed by atoms with Crippen LogP contribution in [0, 0.1) is 6.92 Å². The van der Waals surface area contributed by atoms with Crippen molar-refractivity contribution in [3.8, 4) is 0 Å². The highest BCUT2D eigenvalue weighted by molar-refractivity contribution is 7.86. The van der Waals surface area contributed by atoms with Crippen molar-refractivity contribution in [2.24, 2.45) is 0 Å². The van der Waals surface area contributed by atoms with E-state index in [4.69, 9.17) is 8.92 Å². The highest BCUT2D eigenvalue weighted by atomic mass is 32.2. The van der Waals surface area contributed by atoms with Crippen LogP contribution in [0.5, 0.6) is 0 Å². The third-order valence-electron chi connectivity index (χ3n) is 3.79. The zero-order chi connectivity index (χ0) is 18.8. The second-order valence-corrected chi connectivity index (χ2v) is 8.71. The van der Waals surface area contributed by atoms with Crippen LogP contribution in [-0.4, -0.2) is 49.0 Å². The number of hydrogen-bond acceptors (Lipinski definition) is 6. The van der Waals surface area contributed by atoms with Crippen molar-refractivity contribution in [2.45, 2.75) is 63.4 Å². The van der Waals surface area contributed by atoms with Crippen LogP contribution in [0.3, 0.4) is 0 Å². The molecule has 0 aliphatic carbocycles. The van der Waals surface area contributed by atoms with Gasteiger partial charge < -0.3 is 14.7 Å². The molecule has 1 aromatic rings. The molecule has 1 fully saturated rings. The minimum absolute atomic E-state index is 0.0426. The first-order valence-corrected chi connectivity index (χ1v) is 9.58. The van der Waals surface area contributed by atoms with E-state index in [-0.39, 0.29) is 4.90 Å². The Kier molecular flexibility index (Phi) is 5.75. The molecule has 0 bridgehead atoms. The van der Waals surface area contributed by atoms with E-state index < -0.39 is 34.1 Å². The SMILES string of the molecule is Cc1ccc(S(=O)(=O)OC(O)[C@@H]2CCCN2C(=O)OC(C)(C)C)cc1. The Morgan fingerprint density at radius 2 is 1.88 bits per heavy atom. The zero-order valence-corrected chi connectivity index (χ0v) is 15.7. The first-order chi connectivity index (χ1) is 11.5. The molecule has 0 spiro atoms. The van der Waals surface area contributed by atoms with Crippen LogP contribution in [0.4, 0.5) is 4.79 Å². The second-order valence-electron chi connectivity index (χ2n) is 7.14. The summed E-state index contributed by atoms with van der Waals surface area (Å²) in [6.45, 7) is 7.44. The number of ether oxygens (including phenoxy) is 1. The van der Waals surface area contributed by atoms with Crippen LogP contribution >= 0.6 is 0 Å². The predicted octanol–water partition coefficient (Wildman–Crippen LogP) is 2.42. The Balaban J connectivity index is 2.09. The molecular formula is C17H25NO6S. The van der Waals surface area contributed by atoms with Crippen LogP contribution in [0.25, 0.3) is 0 Å².